The maximum absolute atomic E-state index is 12.1. The third-order valence-electron chi connectivity index (χ3n) is 3.89. The number of carbonyl (C=O) groups is 2. The predicted molar refractivity (Wildman–Crippen MR) is 98.9 cm³/mol. The number of hydrogen-bond donors (Lipinski definition) is 2. The van der Waals surface area contributed by atoms with Crippen molar-refractivity contribution in [2.75, 3.05) is 19.6 Å². The average Bonchev–Trinajstić information content (AvgIpc) is 3.03. The van der Waals surface area contributed by atoms with Crippen LogP contribution in [0.5, 0.6) is 0 Å². The molecular weight excluding hydrogens is 322 g/mol. The SMILES string of the molecule is CC(C)(C)NC(=O)N1CCC(CNC(=O)/C=C/c2cccs2)CC1. The molecule has 3 amide bonds. The van der Waals surface area contributed by atoms with Crippen LogP contribution in [-0.4, -0.2) is 42.0 Å². The molecule has 2 rings (SSSR count). The average molecular weight is 350 g/mol. The summed E-state index contributed by atoms with van der Waals surface area (Å²) in [6, 6.07) is 3.95. The van der Waals surface area contributed by atoms with E-state index < -0.39 is 0 Å². The summed E-state index contributed by atoms with van der Waals surface area (Å²) in [5.74, 6) is 0.374. The monoisotopic (exact) mass is 349 g/mol. The molecule has 1 saturated heterocycles. The first-order chi connectivity index (χ1) is 11.3. The lowest BCUT2D eigenvalue weighted by Crippen LogP contribution is -2.51. The molecule has 2 heterocycles. The van der Waals surface area contributed by atoms with Gasteiger partial charge < -0.3 is 15.5 Å². The quantitative estimate of drug-likeness (QED) is 0.821. The highest BCUT2D eigenvalue weighted by Gasteiger charge is 2.25. The summed E-state index contributed by atoms with van der Waals surface area (Å²) in [6.07, 6.45) is 5.26. The number of thiophene rings is 1. The van der Waals surface area contributed by atoms with Crippen molar-refractivity contribution < 1.29 is 9.59 Å². The van der Waals surface area contributed by atoms with E-state index in [0.717, 1.165) is 30.8 Å². The highest BCUT2D eigenvalue weighted by atomic mass is 32.1. The number of amides is 3. The molecule has 0 radical (unpaired) electrons. The maximum atomic E-state index is 12.1. The van der Waals surface area contributed by atoms with E-state index in [4.69, 9.17) is 0 Å². The third kappa shape index (κ3) is 6.35. The van der Waals surface area contributed by atoms with Gasteiger partial charge in [-0.2, -0.15) is 0 Å². The molecule has 0 saturated carbocycles. The van der Waals surface area contributed by atoms with Crippen molar-refractivity contribution in [3.8, 4) is 0 Å². The first-order valence-electron chi connectivity index (χ1n) is 8.40. The van der Waals surface area contributed by atoms with Crippen molar-refractivity contribution in [1.82, 2.24) is 15.5 Å². The fourth-order valence-electron chi connectivity index (χ4n) is 2.59. The van der Waals surface area contributed by atoms with E-state index >= 15 is 0 Å². The lowest BCUT2D eigenvalue weighted by atomic mass is 9.97. The maximum Gasteiger partial charge on any atom is 0.317 e. The van der Waals surface area contributed by atoms with Crippen LogP contribution in [0.15, 0.2) is 23.6 Å². The summed E-state index contributed by atoms with van der Waals surface area (Å²) in [6.45, 7) is 8.11. The second kappa shape index (κ2) is 8.33. The van der Waals surface area contributed by atoms with Gasteiger partial charge in [0.1, 0.15) is 0 Å². The van der Waals surface area contributed by atoms with Crippen LogP contribution in [0.1, 0.15) is 38.5 Å². The molecule has 0 atom stereocenters. The van der Waals surface area contributed by atoms with Crippen molar-refractivity contribution in [1.29, 1.82) is 0 Å². The van der Waals surface area contributed by atoms with Crippen LogP contribution in [0.2, 0.25) is 0 Å². The molecule has 0 bridgehead atoms. The Morgan fingerprint density at radius 3 is 2.62 bits per heavy atom. The zero-order valence-corrected chi connectivity index (χ0v) is 15.5. The van der Waals surface area contributed by atoms with E-state index in [1.807, 2.05) is 49.3 Å². The van der Waals surface area contributed by atoms with E-state index in [2.05, 4.69) is 10.6 Å². The largest absolute Gasteiger partial charge is 0.352 e. The second-order valence-electron chi connectivity index (χ2n) is 7.20. The van der Waals surface area contributed by atoms with E-state index in [-0.39, 0.29) is 17.5 Å². The van der Waals surface area contributed by atoms with Gasteiger partial charge in [0.25, 0.3) is 0 Å². The van der Waals surface area contributed by atoms with Crippen LogP contribution in [0, 0.1) is 5.92 Å². The number of piperidine rings is 1. The molecule has 1 aliphatic heterocycles. The molecule has 24 heavy (non-hydrogen) atoms. The topological polar surface area (TPSA) is 61.4 Å². The van der Waals surface area contributed by atoms with Gasteiger partial charge in [0.15, 0.2) is 0 Å². The normalized spacial score (nSPS) is 16.4. The molecule has 1 fully saturated rings. The summed E-state index contributed by atoms with van der Waals surface area (Å²) < 4.78 is 0. The second-order valence-corrected chi connectivity index (χ2v) is 8.18. The Kier molecular flexibility index (Phi) is 6.43. The molecule has 0 aliphatic carbocycles. The van der Waals surface area contributed by atoms with Gasteiger partial charge in [-0.05, 0) is 57.1 Å². The number of urea groups is 1. The zero-order chi connectivity index (χ0) is 17.6. The molecule has 5 nitrogen and oxygen atoms in total. The van der Waals surface area contributed by atoms with Crippen molar-refractivity contribution >= 4 is 29.4 Å². The third-order valence-corrected chi connectivity index (χ3v) is 4.73. The molecule has 0 unspecified atom stereocenters. The van der Waals surface area contributed by atoms with Crippen molar-refractivity contribution in [3.63, 3.8) is 0 Å². The van der Waals surface area contributed by atoms with Crippen LogP contribution in [0.25, 0.3) is 6.08 Å². The Labute approximate surface area is 148 Å². The van der Waals surface area contributed by atoms with Gasteiger partial charge in [-0.3, -0.25) is 4.79 Å². The molecule has 6 heteroatoms. The fourth-order valence-corrected chi connectivity index (χ4v) is 3.21. The minimum atomic E-state index is -0.212. The Morgan fingerprint density at radius 1 is 1.33 bits per heavy atom. The number of nitrogens with one attached hydrogen (secondary N) is 2. The molecule has 132 valence electrons. The minimum absolute atomic E-state index is 0.00358. The zero-order valence-electron chi connectivity index (χ0n) is 14.7. The number of rotatable bonds is 4. The molecular formula is C18H27N3O2S. The van der Waals surface area contributed by atoms with Gasteiger partial charge in [0, 0.05) is 36.1 Å². The number of nitrogens with zero attached hydrogens (tertiary/aromatic N) is 1. The van der Waals surface area contributed by atoms with Crippen LogP contribution >= 0.6 is 11.3 Å². The Hall–Kier alpha value is -1.82. The number of likely N-dealkylation sites (tertiary alicyclic amines) is 1. The summed E-state index contributed by atoms with van der Waals surface area (Å²) in [5, 5.41) is 7.94. The molecule has 1 aromatic rings. The highest BCUT2D eigenvalue weighted by molar-refractivity contribution is 7.10. The van der Waals surface area contributed by atoms with E-state index in [9.17, 15) is 9.59 Å². The van der Waals surface area contributed by atoms with Gasteiger partial charge in [-0.1, -0.05) is 6.07 Å². The molecule has 1 aliphatic rings. The number of hydrogen-bond acceptors (Lipinski definition) is 3. The summed E-state index contributed by atoms with van der Waals surface area (Å²) in [7, 11) is 0. The molecule has 0 aromatic carbocycles. The summed E-state index contributed by atoms with van der Waals surface area (Å²) in [4.78, 5) is 26.9. The van der Waals surface area contributed by atoms with Gasteiger partial charge >= 0.3 is 6.03 Å². The lowest BCUT2D eigenvalue weighted by Gasteiger charge is -2.34. The smallest absolute Gasteiger partial charge is 0.317 e. The summed E-state index contributed by atoms with van der Waals surface area (Å²) >= 11 is 1.61. The fraction of sp³-hybridized carbons (Fsp3) is 0.556. The van der Waals surface area contributed by atoms with Crippen molar-refractivity contribution in [2.45, 2.75) is 39.2 Å². The van der Waals surface area contributed by atoms with Crippen molar-refractivity contribution in [3.05, 3.63) is 28.5 Å². The predicted octanol–water partition coefficient (Wildman–Crippen LogP) is 3.10. The van der Waals surface area contributed by atoms with E-state index in [1.165, 1.54) is 0 Å². The Bertz CT molecular complexity index is 568. The lowest BCUT2D eigenvalue weighted by molar-refractivity contribution is -0.116. The van der Waals surface area contributed by atoms with Crippen LogP contribution in [0.3, 0.4) is 0 Å². The first-order valence-corrected chi connectivity index (χ1v) is 9.28. The van der Waals surface area contributed by atoms with Crippen LogP contribution in [0.4, 0.5) is 4.79 Å². The minimum Gasteiger partial charge on any atom is -0.352 e. The van der Waals surface area contributed by atoms with Crippen LogP contribution < -0.4 is 10.6 Å². The van der Waals surface area contributed by atoms with Gasteiger partial charge in [0.05, 0.1) is 0 Å². The van der Waals surface area contributed by atoms with Gasteiger partial charge in [-0.15, -0.1) is 11.3 Å². The molecule has 0 spiro atoms. The summed E-state index contributed by atoms with van der Waals surface area (Å²) in [5.41, 5.74) is -0.212. The standard InChI is InChI=1S/C18H27N3O2S/c1-18(2,3)20-17(23)21-10-8-14(9-11-21)13-19-16(22)7-6-15-5-4-12-24-15/h4-7,12,14H,8-11,13H2,1-3H3,(H,19,22)(H,20,23)/b7-6+. The van der Waals surface area contributed by atoms with E-state index in [0.29, 0.717) is 12.5 Å². The van der Waals surface area contributed by atoms with E-state index in [1.54, 1.807) is 17.4 Å². The Balaban J connectivity index is 1.67. The van der Waals surface area contributed by atoms with Crippen LogP contribution in [-0.2, 0) is 4.79 Å². The number of carbonyl (C=O) groups excluding carboxylic acids is 2. The highest BCUT2D eigenvalue weighted by Crippen LogP contribution is 2.17. The first kappa shape index (κ1) is 18.5. The molecule has 1 aromatic heterocycles. The van der Waals surface area contributed by atoms with Gasteiger partial charge in [-0.25, -0.2) is 4.79 Å². The van der Waals surface area contributed by atoms with Gasteiger partial charge in [0.2, 0.25) is 5.91 Å². The van der Waals surface area contributed by atoms with Crippen molar-refractivity contribution in [2.24, 2.45) is 5.92 Å². The molecule has 2 N–H and O–H groups in total. The Morgan fingerprint density at radius 2 is 2.04 bits per heavy atom.